The Balaban J connectivity index is 1.29. The maximum absolute atomic E-state index is 5.79. The van der Waals surface area contributed by atoms with Crippen molar-refractivity contribution in [3.63, 3.8) is 0 Å². The van der Waals surface area contributed by atoms with Crippen LogP contribution >= 0.6 is 0 Å². The summed E-state index contributed by atoms with van der Waals surface area (Å²) >= 11 is 0. The predicted molar refractivity (Wildman–Crippen MR) is 114 cm³/mol. The number of hydrogen-bond donors (Lipinski definition) is 2. The van der Waals surface area contributed by atoms with Crippen LogP contribution in [0.3, 0.4) is 0 Å². The summed E-state index contributed by atoms with van der Waals surface area (Å²) in [5.41, 5.74) is 3.01. The molecule has 1 aromatic rings. The maximum Gasteiger partial charge on any atom is 0.191 e. The molecule has 2 aliphatic heterocycles. The van der Waals surface area contributed by atoms with Gasteiger partial charge in [0, 0.05) is 52.5 Å². The van der Waals surface area contributed by atoms with E-state index in [1.807, 2.05) is 0 Å². The van der Waals surface area contributed by atoms with E-state index in [1.54, 1.807) is 0 Å². The van der Waals surface area contributed by atoms with E-state index in [4.69, 9.17) is 9.47 Å². The molecule has 0 saturated carbocycles. The summed E-state index contributed by atoms with van der Waals surface area (Å²) < 4.78 is 11.1. The van der Waals surface area contributed by atoms with Crippen LogP contribution in [-0.2, 0) is 22.4 Å². The van der Waals surface area contributed by atoms with E-state index in [-0.39, 0.29) is 6.10 Å². The fourth-order valence-electron chi connectivity index (χ4n) is 3.75. The van der Waals surface area contributed by atoms with E-state index in [9.17, 15) is 0 Å². The van der Waals surface area contributed by atoms with E-state index in [2.05, 4.69) is 51.7 Å². The summed E-state index contributed by atoms with van der Waals surface area (Å²) in [6.45, 7) is 10.4. The first-order valence-corrected chi connectivity index (χ1v) is 10.9. The lowest BCUT2D eigenvalue weighted by molar-refractivity contribution is 0.0424. The van der Waals surface area contributed by atoms with Crippen molar-refractivity contribution < 1.29 is 9.47 Å². The Morgan fingerprint density at radius 2 is 2.14 bits per heavy atom. The van der Waals surface area contributed by atoms with Gasteiger partial charge in [0.2, 0.25) is 0 Å². The Morgan fingerprint density at radius 3 is 2.96 bits per heavy atom. The van der Waals surface area contributed by atoms with Crippen LogP contribution in [0.4, 0.5) is 0 Å². The van der Waals surface area contributed by atoms with Crippen LogP contribution in [0, 0.1) is 0 Å². The Hall–Kier alpha value is -1.63. The first-order chi connectivity index (χ1) is 13.8. The number of aliphatic imine (C=N–C) groups is 1. The van der Waals surface area contributed by atoms with Crippen LogP contribution in [0.15, 0.2) is 29.3 Å². The van der Waals surface area contributed by atoms with Gasteiger partial charge in [-0.2, -0.15) is 0 Å². The minimum atomic E-state index is 0.289. The van der Waals surface area contributed by atoms with Crippen molar-refractivity contribution in [3.8, 4) is 0 Å². The highest BCUT2D eigenvalue weighted by Gasteiger charge is 2.16. The highest BCUT2D eigenvalue weighted by atomic mass is 16.5. The number of ether oxygens (including phenoxy) is 2. The molecule has 0 aromatic heterocycles. The van der Waals surface area contributed by atoms with Crippen molar-refractivity contribution in [1.29, 1.82) is 0 Å². The summed E-state index contributed by atoms with van der Waals surface area (Å²) in [5, 5.41) is 6.79. The molecule has 0 spiro atoms. The number of nitrogens with zero attached hydrogens (tertiary/aromatic N) is 2. The third-order valence-corrected chi connectivity index (χ3v) is 5.31. The molecule has 1 atom stereocenters. The van der Waals surface area contributed by atoms with Crippen molar-refractivity contribution >= 4 is 5.96 Å². The summed E-state index contributed by atoms with van der Waals surface area (Å²) in [4.78, 5) is 7.21. The van der Waals surface area contributed by atoms with Crippen LogP contribution in [0.2, 0.25) is 0 Å². The number of fused-ring (bicyclic) bond motifs is 1. The fourth-order valence-corrected chi connectivity index (χ4v) is 3.75. The van der Waals surface area contributed by atoms with Gasteiger partial charge >= 0.3 is 0 Å². The Labute approximate surface area is 169 Å². The van der Waals surface area contributed by atoms with Gasteiger partial charge in [-0.15, -0.1) is 0 Å². The third-order valence-electron chi connectivity index (χ3n) is 5.31. The maximum atomic E-state index is 5.79. The van der Waals surface area contributed by atoms with E-state index in [1.165, 1.54) is 17.5 Å². The molecule has 0 amide bonds. The van der Waals surface area contributed by atoms with Crippen molar-refractivity contribution in [2.45, 2.75) is 45.3 Å². The minimum absolute atomic E-state index is 0.289. The smallest absolute Gasteiger partial charge is 0.191 e. The lowest BCUT2D eigenvalue weighted by Crippen LogP contribution is -2.39. The van der Waals surface area contributed by atoms with E-state index in [0.29, 0.717) is 0 Å². The van der Waals surface area contributed by atoms with Gasteiger partial charge in [0.05, 0.1) is 12.7 Å². The molecule has 6 heteroatoms. The van der Waals surface area contributed by atoms with Gasteiger partial charge in [0.15, 0.2) is 5.96 Å². The number of hydrogen-bond acceptors (Lipinski definition) is 4. The van der Waals surface area contributed by atoms with Crippen molar-refractivity contribution in [3.05, 3.63) is 35.4 Å². The van der Waals surface area contributed by atoms with Gasteiger partial charge in [-0.1, -0.05) is 24.3 Å². The molecule has 2 heterocycles. The molecule has 6 nitrogen and oxygen atoms in total. The molecule has 3 rings (SSSR count). The number of guanidine groups is 1. The van der Waals surface area contributed by atoms with Crippen LogP contribution in [0.1, 0.15) is 37.3 Å². The monoisotopic (exact) mass is 388 g/mol. The van der Waals surface area contributed by atoms with Crippen LogP contribution < -0.4 is 10.6 Å². The zero-order valence-electron chi connectivity index (χ0n) is 17.3. The lowest BCUT2D eigenvalue weighted by atomic mass is 10.00. The van der Waals surface area contributed by atoms with E-state index < -0.39 is 0 Å². The van der Waals surface area contributed by atoms with Crippen LogP contribution in [-0.4, -0.2) is 69.5 Å². The normalized spacial score (nSPS) is 20.2. The Morgan fingerprint density at radius 1 is 1.25 bits per heavy atom. The van der Waals surface area contributed by atoms with Gasteiger partial charge in [0.1, 0.15) is 0 Å². The summed E-state index contributed by atoms with van der Waals surface area (Å²) in [5.74, 6) is 0.913. The molecule has 1 aromatic carbocycles. The number of rotatable bonds is 10. The number of nitrogens with one attached hydrogen (secondary N) is 2. The van der Waals surface area contributed by atoms with Crippen LogP contribution in [0.5, 0.6) is 0 Å². The molecule has 2 N–H and O–H groups in total. The molecule has 156 valence electrons. The van der Waals surface area contributed by atoms with Crippen molar-refractivity contribution in [2.75, 3.05) is 52.5 Å². The zero-order valence-corrected chi connectivity index (χ0v) is 17.3. The molecular formula is C22H36N4O2. The topological polar surface area (TPSA) is 58.1 Å². The molecule has 0 aliphatic carbocycles. The van der Waals surface area contributed by atoms with Gasteiger partial charge in [-0.3, -0.25) is 9.89 Å². The SMILES string of the molecule is CCNC(=NCCCOC1CCOC1)NCCCN1CCc2ccccc2C1. The molecular weight excluding hydrogens is 352 g/mol. The van der Waals surface area contributed by atoms with E-state index >= 15 is 0 Å². The molecule has 1 fully saturated rings. The second-order valence-electron chi connectivity index (χ2n) is 7.55. The summed E-state index contributed by atoms with van der Waals surface area (Å²) in [6, 6.07) is 8.82. The average molecular weight is 389 g/mol. The standard InChI is InChI=1S/C22H36N4O2/c1-2-23-22(25-12-6-15-28-21-10-16-27-18-21)24-11-5-13-26-14-9-19-7-3-4-8-20(19)17-26/h3-4,7-8,21H,2,5-6,9-18H2,1H3,(H2,23,24,25). The molecule has 0 radical (unpaired) electrons. The Bertz CT molecular complexity index is 602. The second-order valence-corrected chi connectivity index (χ2v) is 7.55. The first-order valence-electron chi connectivity index (χ1n) is 10.9. The van der Waals surface area contributed by atoms with Gasteiger partial charge in [0.25, 0.3) is 0 Å². The Kier molecular flexibility index (Phi) is 9.07. The number of benzene rings is 1. The largest absolute Gasteiger partial charge is 0.379 e. The molecule has 1 unspecified atom stereocenters. The first kappa shape index (κ1) is 21.1. The predicted octanol–water partition coefficient (Wildman–Crippen LogP) is 2.19. The minimum Gasteiger partial charge on any atom is -0.379 e. The zero-order chi connectivity index (χ0) is 19.4. The van der Waals surface area contributed by atoms with Crippen LogP contribution in [0.25, 0.3) is 0 Å². The van der Waals surface area contributed by atoms with E-state index in [0.717, 1.165) is 84.3 Å². The summed E-state index contributed by atoms with van der Waals surface area (Å²) in [7, 11) is 0. The van der Waals surface area contributed by atoms with Crippen molar-refractivity contribution in [1.82, 2.24) is 15.5 Å². The highest BCUT2D eigenvalue weighted by Crippen LogP contribution is 2.18. The quantitative estimate of drug-likeness (QED) is 0.366. The third kappa shape index (κ3) is 7.08. The second kappa shape index (κ2) is 12.0. The van der Waals surface area contributed by atoms with Gasteiger partial charge in [-0.05, 0) is 43.7 Å². The van der Waals surface area contributed by atoms with Gasteiger partial charge < -0.3 is 20.1 Å². The fraction of sp³-hybridized carbons (Fsp3) is 0.682. The molecule has 28 heavy (non-hydrogen) atoms. The van der Waals surface area contributed by atoms with Gasteiger partial charge in [-0.25, -0.2) is 0 Å². The molecule has 1 saturated heterocycles. The lowest BCUT2D eigenvalue weighted by Gasteiger charge is -2.28. The summed E-state index contributed by atoms with van der Waals surface area (Å²) in [6.07, 6.45) is 4.55. The highest BCUT2D eigenvalue weighted by molar-refractivity contribution is 5.79. The van der Waals surface area contributed by atoms with Crippen molar-refractivity contribution in [2.24, 2.45) is 4.99 Å². The molecule has 2 aliphatic rings. The average Bonchev–Trinajstić information content (AvgIpc) is 3.24. The molecule has 0 bridgehead atoms.